The molecule has 0 radical (unpaired) electrons. The average molecular weight is 431 g/mol. The summed E-state index contributed by atoms with van der Waals surface area (Å²) in [6.07, 6.45) is 17.2. The number of hydrogen-bond donors (Lipinski definition) is 1. The highest BCUT2D eigenvalue weighted by molar-refractivity contribution is 6.20. The summed E-state index contributed by atoms with van der Waals surface area (Å²) in [7, 11) is 0. The van der Waals surface area contributed by atoms with Gasteiger partial charge in [0.1, 0.15) is 0 Å². The van der Waals surface area contributed by atoms with Crippen molar-refractivity contribution in [3.8, 4) is 11.4 Å². The summed E-state index contributed by atoms with van der Waals surface area (Å²) < 4.78 is 0. The first-order chi connectivity index (χ1) is 14.5. The van der Waals surface area contributed by atoms with Gasteiger partial charge in [-0.3, -0.25) is 0 Å². The van der Waals surface area contributed by atoms with Crippen LogP contribution in [0.5, 0.6) is 0 Å². The van der Waals surface area contributed by atoms with Crippen molar-refractivity contribution in [3.05, 3.63) is 47.3 Å². The zero-order chi connectivity index (χ0) is 21.8. The van der Waals surface area contributed by atoms with Gasteiger partial charge in [-0.05, 0) is 49.4 Å². The van der Waals surface area contributed by atoms with Crippen LogP contribution in [-0.4, -0.2) is 26.4 Å². The largest absolute Gasteiger partial charge is 0.478 e. The van der Waals surface area contributed by atoms with Crippen molar-refractivity contribution in [1.82, 2.24) is 9.97 Å². The number of aromatic carboxylic acids is 1. The van der Waals surface area contributed by atoms with Crippen LogP contribution in [0.4, 0.5) is 0 Å². The Kier molecular flexibility index (Phi) is 10.9. The normalized spacial score (nSPS) is 12.1. The summed E-state index contributed by atoms with van der Waals surface area (Å²) in [5.74, 6) is -0.322. The average Bonchev–Trinajstić information content (AvgIpc) is 2.72. The molecule has 1 N–H and O–H groups in total. The molecule has 1 aromatic heterocycles. The van der Waals surface area contributed by atoms with Gasteiger partial charge in [0.05, 0.1) is 5.56 Å². The van der Waals surface area contributed by atoms with Gasteiger partial charge in [0.25, 0.3) is 0 Å². The smallest absolute Gasteiger partial charge is 0.335 e. The highest BCUT2D eigenvalue weighted by atomic mass is 35.5. The van der Waals surface area contributed by atoms with Crippen LogP contribution in [0.3, 0.4) is 0 Å². The topological polar surface area (TPSA) is 63.1 Å². The molecule has 164 valence electrons. The first-order valence-corrected chi connectivity index (χ1v) is 11.8. The van der Waals surface area contributed by atoms with Gasteiger partial charge in [-0.2, -0.15) is 0 Å². The second-order valence-corrected chi connectivity index (χ2v) is 8.90. The lowest BCUT2D eigenvalue weighted by molar-refractivity contribution is 0.0695. The van der Waals surface area contributed by atoms with Crippen molar-refractivity contribution in [2.45, 2.75) is 89.9 Å². The van der Waals surface area contributed by atoms with Gasteiger partial charge < -0.3 is 5.11 Å². The van der Waals surface area contributed by atoms with E-state index in [1.165, 1.54) is 57.8 Å². The molecule has 1 aromatic carbocycles. The molecule has 5 heteroatoms. The van der Waals surface area contributed by atoms with Gasteiger partial charge in [-0.25, -0.2) is 14.8 Å². The van der Waals surface area contributed by atoms with E-state index in [4.69, 9.17) is 11.6 Å². The van der Waals surface area contributed by atoms with Gasteiger partial charge in [-0.15, -0.1) is 11.6 Å². The summed E-state index contributed by atoms with van der Waals surface area (Å²) in [4.78, 5) is 20.5. The molecule has 0 aliphatic carbocycles. The molecule has 0 amide bonds. The minimum Gasteiger partial charge on any atom is -0.478 e. The molecule has 0 aliphatic rings. The lowest BCUT2D eigenvalue weighted by Crippen LogP contribution is -2.07. The molecule has 0 bridgehead atoms. The number of nitrogens with zero attached hydrogens (tertiary/aromatic N) is 2. The second-order valence-electron chi connectivity index (χ2n) is 8.16. The van der Waals surface area contributed by atoms with Gasteiger partial charge in [0.15, 0.2) is 5.82 Å². The zero-order valence-electron chi connectivity index (χ0n) is 18.4. The second kappa shape index (κ2) is 13.4. The molecule has 1 atom stereocenters. The summed E-state index contributed by atoms with van der Waals surface area (Å²) >= 11 is 6.09. The monoisotopic (exact) mass is 430 g/mol. The summed E-state index contributed by atoms with van der Waals surface area (Å²) in [5.41, 5.74) is 2.97. The maximum atomic E-state index is 11.4. The Hall–Kier alpha value is -1.94. The summed E-state index contributed by atoms with van der Waals surface area (Å²) in [5, 5.41) is 9.25. The Morgan fingerprint density at radius 1 is 1.00 bits per heavy atom. The van der Waals surface area contributed by atoms with E-state index in [0.717, 1.165) is 17.5 Å². The van der Waals surface area contributed by atoms with Crippen molar-refractivity contribution in [1.29, 1.82) is 0 Å². The van der Waals surface area contributed by atoms with Crippen LogP contribution in [0.2, 0.25) is 0 Å². The third-order valence-electron chi connectivity index (χ3n) is 5.37. The SMILES string of the molecule is CCCCCCCCCCCc1cnc(-c2ccc(C(=O)O)c(C[C@@H](C)Cl)c2)nc1. The molecule has 2 aromatic rings. The molecule has 0 saturated heterocycles. The zero-order valence-corrected chi connectivity index (χ0v) is 19.1. The van der Waals surface area contributed by atoms with Crippen LogP contribution in [0.1, 0.15) is 93.1 Å². The van der Waals surface area contributed by atoms with Crippen molar-refractivity contribution in [2.75, 3.05) is 0 Å². The van der Waals surface area contributed by atoms with Crippen LogP contribution in [0.25, 0.3) is 11.4 Å². The molecule has 0 saturated carbocycles. The summed E-state index contributed by atoms with van der Waals surface area (Å²) in [6, 6.07) is 5.23. The van der Waals surface area contributed by atoms with E-state index in [0.29, 0.717) is 17.8 Å². The Bertz CT molecular complexity index is 775. The molecule has 2 rings (SSSR count). The molecular formula is C25H35ClN2O2. The number of carboxylic acid groups (broad SMARTS) is 1. The molecule has 0 aliphatic heterocycles. The number of unbranched alkanes of at least 4 members (excludes halogenated alkanes) is 8. The minimum atomic E-state index is -0.939. The third kappa shape index (κ3) is 8.43. The number of halogens is 1. The van der Waals surface area contributed by atoms with Crippen LogP contribution in [-0.2, 0) is 12.8 Å². The molecule has 1 heterocycles. The molecule has 0 fully saturated rings. The van der Waals surface area contributed by atoms with E-state index >= 15 is 0 Å². The van der Waals surface area contributed by atoms with Gasteiger partial charge in [-0.1, -0.05) is 64.4 Å². The van der Waals surface area contributed by atoms with Gasteiger partial charge in [0.2, 0.25) is 0 Å². The number of carboxylic acids is 1. The van der Waals surface area contributed by atoms with E-state index in [2.05, 4.69) is 16.9 Å². The maximum absolute atomic E-state index is 11.4. The predicted molar refractivity (Wildman–Crippen MR) is 124 cm³/mol. The maximum Gasteiger partial charge on any atom is 0.335 e. The number of aromatic nitrogens is 2. The van der Waals surface area contributed by atoms with E-state index in [9.17, 15) is 9.90 Å². The lowest BCUT2D eigenvalue weighted by atomic mass is 9.99. The minimum absolute atomic E-state index is 0.141. The van der Waals surface area contributed by atoms with E-state index in [1.807, 2.05) is 25.4 Å². The number of hydrogen-bond acceptors (Lipinski definition) is 3. The van der Waals surface area contributed by atoms with Gasteiger partial charge in [0, 0.05) is 23.3 Å². The van der Waals surface area contributed by atoms with Crippen molar-refractivity contribution in [2.24, 2.45) is 0 Å². The van der Waals surface area contributed by atoms with E-state index < -0.39 is 5.97 Å². The predicted octanol–water partition coefficient (Wildman–Crippen LogP) is 7.08. The third-order valence-corrected chi connectivity index (χ3v) is 5.52. The Balaban J connectivity index is 1.84. The lowest BCUT2D eigenvalue weighted by Gasteiger charge is -2.10. The number of rotatable bonds is 14. The van der Waals surface area contributed by atoms with Crippen LogP contribution < -0.4 is 0 Å². The number of aryl methyl sites for hydroxylation is 1. The summed E-state index contributed by atoms with van der Waals surface area (Å²) in [6.45, 7) is 4.11. The fourth-order valence-corrected chi connectivity index (χ4v) is 3.85. The molecular weight excluding hydrogens is 396 g/mol. The number of carbonyl (C=O) groups is 1. The van der Waals surface area contributed by atoms with Crippen LogP contribution in [0.15, 0.2) is 30.6 Å². The fourth-order valence-electron chi connectivity index (χ4n) is 3.69. The molecule has 4 nitrogen and oxygen atoms in total. The Labute approximate surface area is 186 Å². The Morgan fingerprint density at radius 3 is 2.17 bits per heavy atom. The number of alkyl halides is 1. The van der Waals surface area contributed by atoms with Crippen LogP contribution >= 0.6 is 11.6 Å². The highest BCUT2D eigenvalue weighted by Crippen LogP contribution is 2.22. The van der Waals surface area contributed by atoms with Crippen LogP contribution in [0, 0.1) is 0 Å². The highest BCUT2D eigenvalue weighted by Gasteiger charge is 2.14. The fraction of sp³-hybridized carbons (Fsp3) is 0.560. The van der Waals surface area contributed by atoms with E-state index in [-0.39, 0.29) is 10.9 Å². The molecule has 0 spiro atoms. The first kappa shape index (κ1) is 24.3. The first-order valence-electron chi connectivity index (χ1n) is 11.3. The van der Waals surface area contributed by atoms with Crippen molar-refractivity contribution in [3.63, 3.8) is 0 Å². The van der Waals surface area contributed by atoms with Gasteiger partial charge >= 0.3 is 5.97 Å². The van der Waals surface area contributed by atoms with Crippen molar-refractivity contribution >= 4 is 17.6 Å². The quantitative estimate of drug-likeness (QED) is 0.257. The Morgan fingerprint density at radius 2 is 1.60 bits per heavy atom. The standard InChI is InChI=1S/C25H35ClN2O2/c1-3-4-5-6-7-8-9-10-11-12-20-17-27-24(28-18-20)21-13-14-23(25(29)30)22(16-21)15-19(2)26/h13-14,16-19H,3-12,15H2,1-2H3,(H,29,30)/t19-/m1/s1. The molecule has 30 heavy (non-hydrogen) atoms. The molecule has 0 unspecified atom stereocenters. The van der Waals surface area contributed by atoms with E-state index in [1.54, 1.807) is 12.1 Å². The van der Waals surface area contributed by atoms with Crippen molar-refractivity contribution < 1.29 is 9.90 Å². The number of benzene rings is 1.